The second-order valence-electron chi connectivity index (χ2n) is 8.13. The van der Waals surface area contributed by atoms with Crippen LogP contribution in [0.3, 0.4) is 0 Å². The molecule has 0 fully saturated rings. The maximum Gasteiger partial charge on any atom is 0.291 e. The minimum Gasteiger partial charge on any atom is -0.459 e. The number of rotatable bonds is 5. The molecular formula is C22H22N6O3S. The minimum absolute atomic E-state index is 0.198. The molecule has 4 aromatic rings. The summed E-state index contributed by atoms with van der Waals surface area (Å²) in [5.41, 5.74) is 1.29. The molecule has 0 aliphatic carbocycles. The molecule has 32 heavy (non-hydrogen) atoms. The van der Waals surface area contributed by atoms with Crippen LogP contribution < -0.4 is 10.6 Å². The summed E-state index contributed by atoms with van der Waals surface area (Å²) in [5.74, 6) is 0.317. The van der Waals surface area contributed by atoms with Crippen LogP contribution in [0.15, 0.2) is 53.4 Å². The lowest BCUT2D eigenvalue weighted by Gasteiger charge is -2.13. The normalized spacial score (nSPS) is 11.4. The zero-order chi connectivity index (χ0) is 22.9. The van der Waals surface area contributed by atoms with E-state index in [0.29, 0.717) is 21.6 Å². The monoisotopic (exact) mass is 450 g/mol. The lowest BCUT2D eigenvalue weighted by molar-refractivity contribution is 0.0995. The van der Waals surface area contributed by atoms with Crippen LogP contribution in [-0.2, 0) is 5.41 Å². The Bertz CT molecular complexity index is 1250. The standard InChI is InChI=1S/C22H22N6O3S/c1-13-11-17(26-19(29)14-7-5-10-31-14)32-18(13)20(30)25-16-12-15(22(2,3)4)27-28(16)21-23-8-6-9-24-21/h5-12H,1-4H3,(H,25,30)(H,26,29). The van der Waals surface area contributed by atoms with E-state index in [1.807, 2.05) is 33.8 Å². The lowest BCUT2D eigenvalue weighted by atomic mass is 9.92. The largest absolute Gasteiger partial charge is 0.459 e. The Balaban J connectivity index is 1.60. The molecule has 0 saturated heterocycles. The van der Waals surface area contributed by atoms with Crippen LogP contribution in [0.5, 0.6) is 0 Å². The van der Waals surface area contributed by atoms with Crippen LogP contribution in [0.1, 0.15) is 52.3 Å². The number of furan rings is 1. The average molecular weight is 451 g/mol. The van der Waals surface area contributed by atoms with Gasteiger partial charge in [0.25, 0.3) is 17.8 Å². The average Bonchev–Trinajstić information content (AvgIpc) is 3.48. The molecule has 0 atom stereocenters. The number of aromatic nitrogens is 4. The number of hydrogen-bond acceptors (Lipinski definition) is 7. The smallest absolute Gasteiger partial charge is 0.291 e. The van der Waals surface area contributed by atoms with Crippen LogP contribution in [0.4, 0.5) is 10.8 Å². The summed E-state index contributed by atoms with van der Waals surface area (Å²) in [5, 5.41) is 10.8. The predicted octanol–water partition coefficient (Wildman–Crippen LogP) is 4.43. The van der Waals surface area contributed by atoms with E-state index in [-0.39, 0.29) is 23.0 Å². The summed E-state index contributed by atoms with van der Waals surface area (Å²) in [6.45, 7) is 7.92. The highest BCUT2D eigenvalue weighted by Gasteiger charge is 2.24. The Hall–Kier alpha value is -3.79. The van der Waals surface area contributed by atoms with Gasteiger partial charge in [0.05, 0.1) is 21.8 Å². The van der Waals surface area contributed by atoms with Gasteiger partial charge in [0, 0.05) is 23.9 Å². The number of amides is 2. The van der Waals surface area contributed by atoms with Crippen molar-refractivity contribution in [2.24, 2.45) is 0 Å². The maximum absolute atomic E-state index is 13.1. The SMILES string of the molecule is Cc1cc(NC(=O)c2ccco2)sc1C(=O)Nc1cc(C(C)(C)C)nn1-c1ncccn1. The fourth-order valence-electron chi connectivity index (χ4n) is 2.91. The third-order valence-corrected chi connectivity index (χ3v) is 5.72. The van der Waals surface area contributed by atoms with E-state index in [4.69, 9.17) is 4.42 Å². The number of anilines is 2. The van der Waals surface area contributed by atoms with E-state index in [1.165, 1.54) is 22.3 Å². The van der Waals surface area contributed by atoms with Crippen LogP contribution in [0, 0.1) is 6.92 Å². The fourth-order valence-corrected chi connectivity index (χ4v) is 3.88. The van der Waals surface area contributed by atoms with Gasteiger partial charge in [0.1, 0.15) is 5.82 Å². The van der Waals surface area contributed by atoms with Crippen LogP contribution in [0.25, 0.3) is 5.95 Å². The Morgan fingerprint density at radius 2 is 1.81 bits per heavy atom. The van der Waals surface area contributed by atoms with Crippen molar-refractivity contribution in [2.45, 2.75) is 33.1 Å². The molecule has 4 heterocycles. The quantitative estimate of drug-likeness (QED) is 0.465. The molecule has 0 bridgehead atoms. The first kappa shape index (κ1) is 21.4. The van der Waals surface area contributed by atoms with Gasteiger partial charge in [-0.2, -0.15) is 9.78 Å². The first-order chi connectivity index (χ1) is 15.2. The first-order valence-electron chi connectivity index (χ1n) is 9.87. The molecule has 9 nitrogen and oxygen atoms in total. The van der Waals surface area contributed by atoms with Gasteiger partial charge in [-0.15, -0.1) is 11.3 Å². The van der Waals surface area contributed by atoms with E-state index in [1.54, 1.807) is 36.7 Å². The number of nitrogens with one attached hydrogen (secondary N) is 2. The molecule has 0 saturated carbocycles. The van der Waals surface area contributed by atoms with Gasteiger partial charge in [-0.25, -0.2) is 9.97 Å². The van der Waals surface area contributed by atoms with E-state index < -0.39 is 0 Å². The van der Waals surface area contributed by atoms with Gasteiger partial charge < -0.3 is 15.1 Å². The molecule has 0 aliphatic heterocycles. The summed E-state index contributed by atoms with van der Waals surface area (Å²) in [6, 6.07) is 8.49. The van der Waals surface area contributed by atoms with Crippen molar-refractivity contribution in [2.75, 3.05) is 10.6 Å². The third kappa shape index (κ3) is 4.45. The Kier molecular flexibility index (Phi) is 5.62. The van der Waals surface area contributed by atoms with Gasteiger partial charge in [-0.3, -0.25) is 9.59 Å². The van der Waals surface area contributed by atoms with Crippen molar-refractivity contribution in [3.63, 3.8) is 0 Å². The fraction of sp³-hybridized carbons (Fsp3) is 0.227. The summed E-state index contributed by atoms with van der Waals surface area (Å²) >= 11 is 1.18. The molecule has 4 rings (SSSR count). The first-order valence-corrected chi connectivity index (χ1v) is 10.7. The molecule has 0 radical (unpaired) electrons. The van der Waals surface area contributed by atoms with Gasteiger partial charge >= 0.3 is 0 Å². The highest BCUT2D eigenvalue weighted by Crippen LogP contribution is 2.30. The van der Waals surface area contributed by atoms with Crippen molar-refractivity contribution in [1.82, 2.24) is 19.7 Å². The molecule has 10 heteroatoms. The van der Waals surface area contributed by atoms with Crippen LogP contribution >= 0.6 is 11.3 Å². The maximum atomic E-state index is 13.1. The summed E-state index contributed by atoms with van der Waals surface area (Å²) < 4.78 is 6.62. The molecule has 2 N–H and O–H groups in total. The molecule has 2 amide bonds. The molecule has 0 aromatic carbocycles. The number of nitrogens with zero attached hydrogens (tertiary/aromatic N) is 4. The highest BCUT2D eigenvalue weighted by atomic mass is 32.1. The lowest BCUT2D eigenvalue weighted by Crippen LogP contribution is -2.16. The zero-order valence-corrected chi connectivity index (χ0v) is 18.9. The van der Waals surface area contributed by atoms with Gasteiger partial charge in [-0.05, 0) is 36.8 Å². The molecule has 164 valence electrons. The van der Waals surface area contributed by atoms with Gasteiger partial charge in [-0.1, -0.05) is 20.8 Å². The van der Waals surface area contributed by atoms with E-state index in [2.05, 4.69) is 25.7 Å². The minimum atomic E-state index is -0.377. The molecule has 0 spiro atoms. The topological polar surface area (TPSA) is 115 Å². The Morgan fingerprint density at radius 3 is 2.47 bits per heavy atom. The Morgan fingerprint density at radius 1 is 1.06 bits per heavy atom. The van der Waals surface area contributed by atoms with Crippen molar-refractivity contribution >= 4 is 34.0 Å². The number of carbonyl (C=O) groups is 2. The Labute approximate surface area is 188 Å². The third-order valence-electron chi connectivity index (χ3n) is 4.57. The van der Waals surface area contributed by atoms with Crippen LogP contribution in [0.2, 0.25) is 0 Å². The van der Waals surface area contributed by atoms with Crippen molar-refractivity contribution in [1.29, 1.82) is 0 Å². The van der Waals surface area contributed by atoms with Crippen molar-refractivity contribution in [3.05, 3.63) is 70.9 Å². The molecule has 0 unspecified atom stereocenters. The van der Waals surface area contributed by atoms with Crippen molar-refractivity contribution < 1.29 is 14.0 Å². The predicted molar refractivity (Wildman–Crippen MR) is 122 cm³/mol. The number of aryl methyl sites for hydroxylation is 1. The number of thiophene rings is 1. The van der Waals surface area contributed by atoms with E-state index in [0.717, 1.165) is 11.3 Å². The summed E-state index contributed by atoms with van der Waals surface area (Å²) in [6.07, 6.45) is 4.66. The number of hydrogen-bond donors (Lipinski definition) is 2. The van der Waals surface area contributed by atoms with Gasteiger partial charge in [0.15, 0.2) is 5.76 Å². The zero-order valence-electron chi connectivity index (χ0n) is 18.0. The molecule has 4 aromatic heterocycles. The summed E-state index contributed by atoms with van der Waals surface area (Å²) in [7, 11) is 0. The van der Waals surface area contributed by atoms with Crippen LogP contribution in [-0.4, -0.2) is 31.6 Å². The van der Waals surface area contributed by atoms with E-state index in [9.17, 15) is 9.59 Å². The van der Waals surface area contributed by atoms with E-state index >= 15 is 0 Å². The van der Waals surface area contributed by atoms with Crippen molar-refractivity contribution in [3.8, 4) is 5.95 Å². The summed E-state index contributed by atoms with van der Waals surface area (Å²) in [4.78, 5) is 34.3. The molecular weight excluding hydrogens is 428 g/mol. The second-order valence-corrected chi connectivity index (χ2v) is 9.19. The van der Waals surface area contributed by atoms with Gasteiger partial charge in [0.2, 0.25) is 0 Å². The highest BCUT2D eigenvalue weighted by molar-refractivity contribution is 7.18. The second kappa shape index (κ2) is 8.39. The number of carbonyl (C=O) groups excluding carboxylic acids is 2. The molecule has 0 aliphatic rings.